The predicted octanol–water partition coefficient (Wildman–Crippen LogP) is 6.02. The molecule has 21 heavy (non-hydrogen) atoms. The first-order valence-electron chi connectivity index (χ1n) is 7.28. The van der Waals surface area contributed by atoms with Crippen LogP contribution in [0, 0.1) is 5.92 Å². The maximum absolute atomic E-state index is 6.22. The Morgan fingerprint density at radius 1 is 1.10 bits per heavy atom. The Morgan fingerprint density at radius 3 is 2.62 bits per heavy atom. The fourth-order valence-corrected chi connectivity index (χ4v) is 4.62. The summed E-state index contributed by atoms with van der Waals surface area (Å²) < 4.78 is 0. The molecule has 0 N–H and O–H groups in total. The van der Waals surface area contributed by atoms with Gasteiger partial charge in [0.05, 0.1) is 0 Å². The van der Waals surface area contributed by atoms with Crippen LogP contribution in [0.25, 0.3) is 0 Å². The van der Waals surface area contributed by atoms with Gasteiger partial charge in [0.2, 0.25) is 0 Å². The highest BCUT2D eigenvalue weighted by Crippen LogP contribution is 2.42. The quantitative estimate of drug-likeness (QED) is 0.602. The van der Waals surface area contributed by atoms with E-state index >= 15 is 0 Å². The van der Waals surface area contributed by atoms with Crippen LogP contribution < -0.4 is 0 Å². The Kier molecular flexibility index (Phi) is 5.15. The standard InChI is InChI=1S/C18H18Cl2S/c19-11-14(9-13-5-7-16(20)8-6-13)10-15-12-21-18-4-2-1-3-17(15)18/h1-8,14-15H,9-12H2. The smallest absolute Gasteiger partial charge is 0.0406 e. The SMILES string of the molecule is ClCC(Cc1ccc(Cl)cc1)CC1CSc2ccccc21. The molecule has 0 bridgehead atoms. The molecule has 2 unspecified atom stereocenters. The van der Waals surface area contributed by atoms with Crippen molar-refractivity contribution in [3.05, 3.63) is 64.7 Å². The molecule has 1 aliphatic heterocycles. The van der Waals surface area contributed by atoms with Gasteiger partial charge >= 0.3 is 0 Å². The number of alkyl halides is 1. The lowest BCUT2D eigenvalue weighted by Gasteiger charge is -2.19. The minimum absolute atomic E-state index is 0.518. The minimum Gasteiger partial charge on any atom is -0.126 e. The van der Waals surface area contributed by atoms with Gasteiger partial charge in [0, 0.05) is 21.6 Å². The predicted molar refractivity (Wildman–Crippen MR) is 93.9 cm³/mol. The van der Waals surface area contributed by atoms with Crippen LogP contribution in [0.2, 0.25) is 5.02 Å². The molecule has 0 radical (unpaired) electrons. The monoisotopic (exact) mass is 336 g/mol. The molecule has 110 valence electrons. The van der Waals surface area contributed by atoms with Gasteiger partial charge in [-0.25, -0.2) is 0 Å². The average molecular weight is 337 g/mol. The van der Waals surface area contributed by atoms with Gasteiger partial charge in [0.15, 0.2) is 0 Å². The minimum atomic E-state index is 0.518. The maximum Gasteiger partial charge on any atom is 0.0406 e. The molecule has 0 saturated heterocycles. The van der Waals surface area contributed by atoms with Gasteiger partial charge in [-0.15, -0.1) is 23.4 Å². The van der Waals surface area contributed by atoms with Gasteiger partial charge < -0.3 is 0 Å². The van der Waals surface area contributed by atoms with Crippen LogP contribution >= 0.6 is 35.0 Å². The van der Waals surface area contributed by atoms with Gasteiger partial charge in [0.1, 0.15) is 0 Å². The highest BCUT2D eigenvalue weighted by Gasteiger charge is 2.25. The van der Waals surface area contributed by atoms with Crippen molar-refractivity contribution in [2.24, 2.45) is 5.92 Å². The molecule has 3 heteroatoms. The van der Waals surface area contributed by atoms with Crippen molar-refractivity contribution in [3.8, 4) is 0 Å². The molecule has 0 fully saturated rings. The molecule has 0 saturated carbocycles. The van der Waals surface area contributed by atoms with Gasteiger partial charge in [-0.05, 0) is 54.0 Å². The van der Waals surface area contributed by atoms with Gasteiger partial charge in [0.25, 0.3) is 0 Å². The number of thioether (sulfide) groups is 1. The Morgan fingerprint density at radius 2 is 1.86 bits per heavy atom. The van der Waals surface area contributed by atoms with E-state index in [0.717, 1.165) is 17.9 Å². The van der Waals surface area contributed by atoms with Crippen molar-refractivity contribution in [2.45, 2.75) is 23.7 Å². The van der Waals surface area contributed by atoms with Crippen LogP contribution in [0.4, 0.5) is 0 Å². The molecular formula is C18H18Cl2S. The number of halogens is 2. The second-order valence-corrected chi connectivity index (χ2v) is 7.44. The van der Waals surface area contributed by atoms with E-state index in [9.17, 15) is 0 Å². The average Bonchev–Trinajstić information content (AvgIpc) is 2.92. The fraction of sp³-hybridized carbons (Fsp3) is 0.333. The first kappa shape index (κ1) is 15.3. The Balaban J connectivity index is 1.67. The zero-order valence-electron chi connectivity index (χ0n) is 11.8. The van der Waals surface area contributed by atoms with Gasteiger partial charge in [-0.3, -0.25) is 0 Å². The molecule has 0 aliphatic carbocycles. The molecule has 0 nitrogen and oxygen atoms in total. The molecule has 2 aromatic carbocycles. The summed E-state index contributed by atoms with van der Waals surface area (Å²) in [5.41, 5.74) is 2.83. The third-order valence-electron chi connectivity index (χ3n) is 4.07. The number of hydrogen-bond acceptors (Lipinski definition) is 1. The van der Waals surface area contributed by atoms with Crippen molar-refractivity contribution < 1.29 is 0 Å². The summed E-state index contributed by atoms with van der Waals surface area (Å²) in [7, 11) is 0. The first-order valence-corrected chi connectivity index (χ1v) is 9.18. The molecular weight excluding hydrogens is 319 g/mol. The normalized spacial score (nSPS) is 18.5. The topological polar surface area (TPSA) is 0 Å². The summed E-state index contributed by atoms with van der Waals surface area (Å²) in [6.45, 7) is 0. The molecule has 2 aromatic rings. The zero-order chi connectivity index (χ0) is 14.7. The van der Waals surface area contributed by atoms with Crippen molar-refractivity contribution in [1.82, 2.24) is 0 Å². The molecule has 0 spiro atoms. The Hall–Kier alpha value is -0.630. The summed E-state index contributed by atoms with van der Waals surface area (Å²) in [6, 6.07) is 16.9. The van der Waals surface area contributed by atoms with Gasteiger partial charge in [-0.1, -0.05) is 41.9 Å². The highest BCUT2D eigenvalue weighted by atomic mass is 35.5. The lowest BCUT2D eigenvalue weighted by Crippen LogP contribution is -2.12. The second-order valence-electron chi connectivity index (χ2n) is 5.63. The van der Waals surface area contributed by atoms with Crippen molar-refractivity contribution in [2.75, 3.05) is 11.6 Å². The summed E-state index contributed by atoms with van der Waals surface area (Å²) >= 11 is 14.1. The molecule has 0 aromatic heterocycles. The van der Waals surface area contributed by atoms with E-state index in [1.807, 2.05) is 23.9 Å². The van der Waals surface area contributed by atoms with E-state index in [4.69, 9.17) is 23.2 Å². The van der Waals surface area contributed by atoms with E-state index in [0.29, 0.717) is 17.7 Å². The van der Waals surface area contributed by atoms with E-state index < -0.39 is 0 Å². The third kappa shape index (κ3) is 3.77. The molecule has 2 atom stereocenters. The first-order chi connectivity index (χ1) is 10.3. The van der Waals surface area contributed by atoms with Crippen LogP contribution in [0.15, 0.2) is 53.4 Å². The lowest BCUT2D eigenvalue weighted by atomic mass is 9.88. The maximum atomic E-state index is 6.22. The molecule has 0 amide bonds. The van der Waals surface area contributed by atoms with Crippen LogP contribution in [-0.4, -0.2) is 11.6 Å². The van der Waals surface area contributed by atoms with Crippen molar-refractivity contribution in [1.29, 1.82) is 0 Å². The highest BCUT2D eigenvalue weighted by molar-refractivity contribution is 7.99. The lowest BCUT2D eigenvalue weighted by molar-refractivity contribution is 0.491. The Labute approximate surface area is 140 Å². The van der Waals surface area contributed by atoms with Gasteiger partial charge in [-0.2, -0.15) is 0 Å². The fourth-order valence-electron chi connectivity index (χ4n) is 2.98. The van der Waals surface area contributed by atoms with Crippen LogP contribution in [-0.2, 0) is 6.42 Å². The van der Waals surface area contributed by atoms with Crippen LogP contribution in [0.1, 0.15) is 23.5 Å². The summed E-state index contributed by atoms with van der Waals surface area (Å²) in [5, 5.41) is 0.794. The van der Waals surface area contributed by atoms with E-state index in [1.165, 1.54) is 21.8 Å². The third-order valence-corrected chi connectivity index (χ3v) is 6.01. The van der Waals surface area contributed by atoms with Crippen LogP contribution in [0.3, 0.4) is 0 Å². The largest absolute Gasteiger partial charge is 0.126 e. The number of benzene rings is 2. The van der Waals surface area contributed by atoms with E-state index in [1.54, 1.807) is 0 Å². The number of rotatable bonds is 5. The molecule has 3 rings (SSSR count). The number of hydrogen-bond donors (Lipinski definition) is 0. The Bertz CT molecular complexity index is 594. The number of fused-ring (bicyclic) bond motifs is 1. The summed E-state index contributed by atoms with van der Waals surface area (Å²) in [4.78, 5) is 1.45. The summed E-state index contributed by atoms with van der Waals surface area (Å²) in [6.07, 6.45) is 2.19. The molecule has 1 aliphatic rings. The van der Waals surface area contributed by atoms with E-state index in [-0.39, 0.29) is 0 Å². The zero-order valence-corrected chi connectivity index (χ0v) is 14.1. The second kappa shape index (κ2) is 7.09. The van der Waals surface area contributed by atoms with Crippen molar-refractivity contribution in [3.63, 3.8) is 0 Å². The summed E-state index contributed by atoms with van der Waals surface area (Å²) in [5.74, 6) is 3.06. The van der Waals surface area contributed by atoms with Crippen LogP contribution in [0.5, 0.6) is 0 Å². The van der Waals surface area contributed by atoms with E-state index in [2.05, 4.69) is 36.4 Å². The van der Waals surface area contributed by atoms with Crippen molar-refractivity contribution >= 4 is 35.0 Å². The molecule has 1 heterocycles.